The standard InChI is InChI=1S/C16H15FN4O4/c1-25-6-5-19-10-4-2-3-9(17)13(10)21-11(22)7-8-12(14(21)18)16(24)20-15(8)23/h2-4,7,19H,5-6,18H2,1H3,(H,20,23,24). The van der Waals surface area contributed by atoms with Crippen LogP contribution in [0.5, 0.6) is 0 Å². The van der Waals surface area contributed by atoms with Crippen molar-refractivity contribution < 1.29 is 18.7 Å². The van der Waals surface area contributed by atoms with Gasteiger partial charge in [0.25, 0.3) is 17.4 Å². The molecule has 0 radical (unpaired) electrons. The number of nitrogens with one attached hydrogen (secondary N) is 2. The zero-order chi connectivity index (χ0) is 18.1. The Bertz CT molecular complexity index is 938. The Kier molecular flexibility index (Phi) is 4.24. The van der Waals surface area contributed by atoms with Crippen molar-refractivity contribution in [3.8, 4) is 5.69 Å². The lowest BCUT2D eigenvalue weighted by atomic mass is 10.1. The number of anilines is 2. The van der Waals surface area contributed by atoms with Gasteiger partial charge >= 0.3 is 0 Å². The van der Waals surface area contributed by atoms with Crippen LogP contribution in [0.15, 0.2) is 29.1 Å². The third-order valence-corrected chi connectivity index (χ3v) is 3.79. The Labute approximate surface area is 141 Å². The molecule has 3 rings (SSSR count). The zero-order valence-corrected chi connectivity index (χ0v) is 13.3. The highest BCUT2D eigenvalue weighted by molar-refractivity contribution is 6.23. The summed E-state index contributed by atoms with van der Waals surface area (Å²) in [6.07, 6.45) is 0. The van der Waals surface area contributed by atoms with Gasteiger partial charge in [-0.1, -0.05) is 6.07 Å². The van der Waals surface area contributed by atoms with Crippen LogP contribution in [0.25, 0.3) is 5.69 Å². The third-order valence-electron chi connectivity index (χ3n) is 3.79. The highest BCUT2D eigenvalue weighted by Gasteiger charge is 2.32. The molecule has 25 heavy (non-hydrogen) atoms. The molecular weight excluding hydrogens is 331 g/mol. The van der Waals surface area contributed by atoms with Crippen LogP contribution in [0.1, 0.15) is 20.7 Å². The number of halogens is 1. The van der Waals surface area contributed by atoms with E-state index in [1.165, 1.54) is 19.2 Å². The summed E-state index contributed by atoms with van der Waals surface area (Å²) >= 11 is 0. The maximum Gasteiger partial charge on any atom is 0.262 e. The molecule has 1 aromatic heterocycles. The summed E-state index contributed by atoms with van der Waals surface area (Å²) < 4.78 is 20.3. The molecule has 2 amide bonds. The average molecular weight is 346 g/mol. The van der Waals surface area contributed by atoms with Crippen LogP contribution in [0.2, 0.25) is 0 Å². The number of hydrogen-bond acceptors (Lipinski definition) is 6. The first-order valence-electron chi connectivity index (χ1n) is 7.38. The van der Waals surface area contributed by atoms with Crippen LogP contribution < -0.4 is 21.9 Å². The minimum absolute atomic E-state index is 0.117. The minimum Gasteiger partial charge on any atom is -0.384 e. The van der Waals surface area contributed by atoms with Gasteiger partial charge in [0.15, 0.2) is 0 Å². The van der Waals surface area contributed by atoms with Gasteiger partial charge in [0, 0.05) is 19.7 Å². The van der Waals surface area contributed by atoms with Gasteiger partial charge in [-0.2, -0.15) is 0 Å². The predicted octanol–water partition coefficient (Wildman–Crippen LogP) is 0.501. The van der Waals surface area contributed by atoms with Crippen LogP contribution in [0, 0.1) is 5.82 Å². The molecule has 9 heteroatoms. The third kappa shape index (κ3) is 2.74. The second kappa shape index (κ2) is 6.36. The second-order valence-electron chi connectivity index (χ2n) is 5.33. The molecule has 1 aliphatic rings. The predicted molar refractivity (Wildman–Crippen MR) is 88.6 cm³/mol. The Morgan fingerprint density at radius 1 is 1.28 bits per heavy atom. The van der Waals surface area contributed by atoms with Crippen molar-refractivity contribution in [1.29, 1.82) is 0 Å². The summed E-state index contributed by atoms with van der Waals surface area (Å²) in [5, 5.41) is 5.01. The summed E-state index contributed by atoms with van der Waals surface area (Å²) in [4.78, 5) is 36.1. The van der Waals surface area contributed by atoms with E-state index in [1.54, 1.807) is 6.07 Å². The van der Waals surface area contributed by atoms with E-state index in [0.717, 1.165) is 10.6 Å². The largest absolute Gasteiger partial charge is 0.384 e. The molecule has 2 aromatic rings. The van der Waals surface area contributed by atoms with Crippen molar-refractivity contribution in [3.05, 3.63) is 51.6 Å². The summed E-state index contributed by atoms with van der Waals surface area (Å²) in [6, 6.07) is 5.18. The molecular formula is C16H15FN4O4. The Hall–Kier alpha value is -3.20. The van der Waals surface area contributed by atoms with Crippen molar-refractivity contribution in [2.45, 2.75) is 0 Å². The number of amides is 2. The Balaban J connectivity index is 2.22. The van der Waals surface area contributed by atoms with Gasteiger partial charge in [-0.3, -0.25) is 24.3 Å². The van der Waals surface area contributed by atoms with E-state index in [-0.39, 0.29) is 22.6 Å². The Morgan fingerprint density at radius 3 is 2.76 bits per heavy atom. The van der Waals surface area contributed by atoms with Crippen molar-refractivity contribution in [3.63, 3.8) is 0 Å². The molecule has 8 nitrogen and oxygen atoms in total. The van der Waals surface area contributed by atoms with E-state index in [1.807, 2.05) is 0 Å². The number of fused-ring (bicyclic) bond motifs is 1. The molecule has 0 saturated carbocycles. The van der Waals surface area contributed by atoms with Gasteiger partial charge in [0.05, 0.1) is 23.4 Å². The number of methoxy groups -OCH3 is 1. The number of nitrogens with zero attached hydrogens (tertiary/aromatic N) is 1. The lowest BCUT2D eigenvalue weighted by Crippen LogP contribution is -2.26. The highest BCUT2D eigenvalue weighted by Crippen LogP contribution is 2.28. The molecule has 0 atom stereocenters. The number of carbonyl (C=O) groups is 2. The van der Waals surface area contributed by atoms with Crippen LogP contribution in [0.4, 0.5) is 15.9 Å². The number of carbonyl (C=O) groups excluding carboxylic acids is 2. The molecule has 0 bridgehead atoms. The van der Waals surface area contributed by atoms with E-state index >= 15 is 0 Å². The fourth-order valence-corrected chi connectivity index (χ4v) is 2.68. The quantitative estimate of drug-likeness (QED) is 0.536. The normalized spacial score (nSPS) is 12.9. The maximum absolute atomic E-state index is 14.5. The summed E-state index contributed by atoms with van der Waals surface area (Å²) in [6.45, 7) is 0.729. The van der Waals surface area contributed by atoms with E-state index in [4.69, 9.17) is 10.5 Å². The monoisotopic (exact) mass is 346 g/mol. The number of aromatic nitrogens is 1. The second-order valence-corrected chi connectivity index (χ2v) is 5.33. The lowest BCUT2D eigenvalue weighted by molar-refractivity contribution is 0.0880. The number of para-hydroxylation sites is 1. The fourth-order valence-electron chi connectivity index (χ4n) is 2.68. The van der Waals surface area contributed by atoms with Crippen LogP contribution >= 0.6 is 0 Å². The molecule has 0 unspecified atom stereocenters. The van der Waals surface area contributed by atoms with E-state index in [9.17, 15) is 18.8 Å². The van der Waals surface area contributed by atoms with Crippen LogP contribution in [0.3, 0.4) is 0 Å². The highest BCUT2D eigenvalue weighted by atomic mass is 19.1. The number of imide groups is 1. The maximum atomic E-state index is 14.5. The Morgan fingerprint density at radius 2 is 2.04 bits per heavy atom. The number of rotatable bonds is 5. The number of pyridine rings is 1. The fraction of sp³-hybridized carbons (Fsp3) is 0.188. The van der Waals surface area contributed by atoms with Crippen molar-refractivity contribution >= 4 is 23.3 Å². The zero-order valence-electron chi connectivity index (χ0n) is 13.3. The lowest BCUT2D eigenvalue weighted by Gasteiger charge is -2.17. The van der Waals surface area contributed by atoms with Gasteiger partial charge < -0.3 is 15.8 Å². The molecule has 2 heterocycles. The molecule has 0 fully saturated rings. The molecule has 1 aromatic carbocycles. The van der Waals surface area contributed by atoms with Gasteiger partial charge in [-0.25, -0.2) is 4.39 Å². The molecule has 130 valence electrons. The van der Waals surface area contributed by atoms with E-state index < -0.39 is 23.2 Å². The van der Waals surface area contributed by atoms with Crippen molar-refractivity contribution in [2.75, 3.05) is 31.3 Å². The molecule has 0 saturated heterocycles. The van der Waals surface area contributed by atoms with Gasteiger partial charge in [-0.05, 0) is 12.1 Å². The first-order chi connectivity index (χ1) is 12.0. The molecule has 0 aliphatic carbocycles. The van der Waals surface area contributed by atoms with Crippen molar-refractivity contribution in [1.82, 2.24) is 9.88 Å². The summed E-state index contributed by atoms with van der Waals surface area (Å²) in [5.41, 5.74) is 5.14. The number of hydrogen-bond donors (Lipinski definition) is 3. The summed E-state index contributed by atoms with van der Waals surface area (Å²) in [7, 11) is 1.52. The number of nitrogen functional groups attached to an aromatic ring is 1. The number of nitrogens with two attached hydrogens (primary N) is 1. The van der Waals surface area contributed by atoms with Gasteiger partial charge in [-0.15, -0.1) is 0 Å². The molecule has 0 spiro atoms. The first kappa shape index (κ1) is 16.7. The smallest absolute Gasteiger partial charge is 0.262 e. The topological polar surface area (TPSA) is 115 Å². The first-order valence-corrected chi connectivity index (χ1v) is 7.38. The number of ether oxygens (including phenoxy) is 1. The average Bonchev–Trinajstić information content (AvgIpc) is 2.84. The molecule has 1 aliphatic heterocycles. The van der Waals surface area contributed by atoms with Crippen LogP contribution in [-0.4, -0.2) is 36.6 Å². The van der Waals surface area contributed by atoms with Gasteiger partial charge in [0.2, 0.25) is 0 Å². The van der Waals surface area contributed by atoms with Crippen LogP contribution in [-0.2, 0) is 4.74 Å². The van der Waals surface area contributed by atoms with E-state index in [2.05, 4.69) is 10.6 Å². The number of benzene rings is 1. The van der Waals surface area contributed by atoms with Gasteiger partial charge in [0.1, 0.15) is 17.3 Å². The van der Waals surface area contributed by atoms with E-state index in [0.29, 0.717) is 18.8 Å². The summed E-state index contributed by atoms with van der Waals surface area (Å²) in [5.74, 6) is -2.44. The van der Waals surface area contributed by atoms with Crippen molar-refractivity contribution in [2.24, 2.45) is 0 Å². The SMILES string of the molecule is COCCNc1cccc(F)c1-n1c(N)c2c(cc1=O)C(=O)NC2=O. The molecule has 4 N–H and O–H groups in total. The minimum atomic E-state index is -0.725.